The summed E-state index contributed by atoms with van der Waals surface area (Å²) in [6.45, 7) is 4.48. The summed E-state index contributed by atoms with van der Waals surface area (Å²) in [4.78, 5) is 11.8. The Kier molecular flexibility index (Phi) is 6.75. The second-order valence-electron chi connectivity index (χ2n) is 5.36. The molecule has 0 spiro atoms. The van der Waals surface area contributed by atoms with Crippen LogP contribution < -0.4 is 0 Å². The van der Waals surface area contributed by atoms with Gasteiger partial charge in [-0.3, -0.25) is 4.79 Å². The number of carbonyl (C=O) groups excluding carboxylic acids is 1. The van der Waals surface area contributed by atoms with E-state index < -0.39 is 0 Å². The lowest BCUT2D eigenvalue weighted by atomic mass is 9.86. The molecule has 0 aromatic heterocycles. The van der Waals surface area contributed by atoms with Crippen LogP contribution in [0.3, 0.4) is 0 Å². The summed E-state index contributed by atoms with van der Waals surface area (Å²) in [6, 6.07) is 0. The van der Waals surface area contributed by atoms with Crippen molar-refractivity contribution in [3.63, 3.8) is 0 Å². The number of ketones is 1. The molecular formula is C15H28O. The van der Waals surface area contributed by atoms with Crippen molar-refractivity contribution < 1.29 is 4.79 Å². The van der Waals surface area contributed by atoms with Gasteiger partial charge in [0.05, 0.1) is 0 Å². The van der Waals surface area contributed by atoms with Crippen molar-refractivity contribution >= 4 is 5.78 Å². The smallest absolute Gasteiger partial charge is 0.136 e. The van der Waals surface area contributed by atoms with Crippen LogP contribution >= 0.6 is 0 Å². The number of hydrogen-bond donors (Lipinski definition) is 0. The molecule has 16 heavy (non-hydrogen) atoms. The molecule has 0 aromatic carbocycles. The summed E-state index contributed by atoms with van der Waals surface area (Å²) in [5, 5.41) is 0. The van der Waals surface area contributed by atoms with Gasteiger partial charge in [0.1, 0.15) is 5.78 Å². The summed E-state index contributed by atoms with van der Waals surface area (Å²) in [5.41, 5.74) is 0. The summed E-state index contributed by atoms with van der Waals surface area (Å²) >= 11 is 0. The molecule has 2 unspecified atom stereocenters. The first-order chi connectivity index (χ1) is 7.79. The molecule has 1 aliphatic rings. The number of rotatable bonds is 8. The van der Waals surface area contributed by atoms with Crippen LogP contribution in [0.25, 0.3) is 0 Å². The zero-order chi connectivity index (χ0) is 11.8. The molecule has 0 aliphatic heterocycles. The van der Waals surface area contributed by atoms with Gasteiger partial charge < -0.3 is 0 Å². The van der Waals surface area contributed by atoms with Gasteiger partial charge in [-0.15, -0.1) is 0 Å². The van der Waals surface area contributed by atoms with Crippen LogP contribution in [0.5, 0.6) is 0 Å². The van der Waals surface area contributed by atoms with Crippen molar-refractivity contribution in [3.8, 4) is 0 Å². The van der Waals surface area contributed by atoms with E-state index in [2.05, 4.69) is 13.8 Å². The lowest BCUT2D eigenvalue weighted by Gasteiger charge is -2.17. The molecule has 0 heterocycles. The van der Waals surface area contributed by atoms with Crippen LogP contribution in [0.2, 0.25) is 0 Å². The van der Waals surface area contributed by atoms with Crippen LogP contribution in [0.1, 0.15) is 78.1 Å². The fraction of sp³-hybridized carbons (Fsp3) is 0.933. The third-order valence-electron chi connectivity index (χ3n) is 4.04. The van der Waals surface area contributed by atoms with Crippen molar-refractivity contribution in [2.45, 2.75) is 78.1 Å². The fourth-order valence-electron chi connectivity index (χ4n) is 2.99. The molecule has 1 aliphatic carbocycles. The van der Waals surface area contributed by atoms with Gasteiger partial charge >= 0.3 is 0 Å². The van der Waals surface area contributed by atoms with Gasteiger partial charge in [-0.1, -0.05) is 52.4 Å². The molecule has 0 saturated heterocycles. The van der Waals surface area contributed by atoms with Gasteiger partial charge in [-0.2, -0.15) is 0 Å². The Labute approximate surface area is 101 Å². The van der Waals surface area contributed by atoms with Crippen molar-refractivity contribution in [2.24, 2.45) is 11.8 Å². The Morgan fingerprint density at radius 1 is 1.00 bits per heavy atom. The lowest BCUT2D eigenvalue weighted by molar-refractivity contribution is -0.121. The van der Waals surface area contributed by atoms with E-state index in [1.165, 1.54) is 57.8 Å². The second-order valence-corrected chi connectivity index (χ2v) is 5.36. The number of hydrogen-bond acceptors (Lipinski definition) is 1. The third kappa shape index (κ3) is 4.27. The topological polar surface area (TPSA) is 17.1 Å². The lowest BCUT2D eigenvalue weighted by Crippen LogP contribution is -2.14. The van der Waals surface area contributed by atoms with Gasteiger partial charge in [0.25, 0.3) is 0 Å². The molecule has 0 amide bonds. The molecule has 1 fully saturated rings. The minimum absolute atomic E-state index is 0.434. The normalized spacial score (nSPS) is 25.2. The van der Waals surface area contributed by atoms with Gasteiger partial charge in [0.15, 0.2) is 0 Å². The molecule has 1 nitrogen and oxygen atoms in total. The molecule has 0 N–H and O–H groups in total. The summed E-state index contributed by atoms with van der Waals surface area (Å²) < 4.78 is 0. The fourth-order valence-corrected chi connectivity index (χ4v) is 2.99. The van der Waals surface area contributed by atoms with Gasteiger partial charge in [0.2, 0.25) is 0 Å². The average molecular weight is 224 g/mol. The van der Waals surface area contributed by atoms with Gasteiger partial charge in [0, 0.05) is 12.3 Å². The van der Waals surface area contributed by atoms with Gasteiger partial charge in [-0.25, -0.2) is 0 Å². The zero-order valence-electron chi connectivity index (χ0n) is 11.1. The largest absolute Gasteiger partial charge is 0.299 e. The first-order valence-electron chi connectivity index (χ1n) is 7.32. The molecule has 0 radical (unpaired) electrons. The molecule has 1 rings (SSSR count). The Morgan fingerprint density at radius 2 is 1.62 bits per heavy atom. The summed E-state index contributed by atoms with van der Waals surface area (Å²) in [5.74, 6) is 1.73. The maximum atomic E-state index is 11.8. The van der Waals surface area contributed by atoms with E-state index >= 15 is 0 Å². The van der Waals surface area contributed by atoms with Crippen molar-refractivity contribution in [2.75, 3.05) is 0 Å². The molecule has 1 saturated carbocycles. The molecule has 0 aromatic rings. The summed E-state index contributed by atoms with van der Waals surface area (Å²) in [6.07, 6.45) is 12.3. The first-order valence-corrected chi connectivity index (χ1v) is 7.32. The van der Waals surface area contributed by atoms with Crippen LogP contribution in [0.4, 0.5) is 0 Å². The monoisotopic (exact) mass is 224 g/mol. The van der Waals surface area contributed by atoms with E-state index in [4.69, 9.17) is 0 Å². The minimum Gasteiger partial charge on any atom is -0.299 e. The number of carbonyl (C=O) groups is 1. The SMILES string of the molecule is CCCCCC1CCC(=O)C1CCCCC. The predicted octanol–water partition coefficient (Wildman–Crippen LogP) is 4.74. The molecule has 94 valence electrons. The van der Waals surface area contributed by atoms with Crippen molar-refractivity contribution in [1.82, 2.24) is 0 Å². The molecular weight excluding hydrogens is 196 g/mol. The van der Waals surface area contributed by atoms with Crippen LogP contribution in [-0.4, -0.2) is 5.78 Å². The maximum Gasteiger partial charge on any atom is 0.136 e. The Hall–Kier alpha value is -0.330. The molecule has 2 atom stereocenters. The highest BCUT2D eigenvalue weighted by atomic mass is 16.1. The van der Waals surface area contributed by atoms with E-state index in [0.29, 0.717) is 11.7 Å². The average Bonchev–Trinajstić information content (AvgIpc) is 2.62. The van der Waals surface area contributed by atoms with E-state index in [1.807, 2.05) is 0 Å². The second kappa shape index (κ2) is 7.86. The highest BCUT2D eigenvalue weighted by Gasteiger charge is 2.33. The number of Topliss-reactive ketones (excluding diaryl/α,β-unsaturated/α-hetero) is 1. The highest BCUT2D eigenvalue weighted by Crippen LogP contribution is 2.36. The quantitative estimate of drug-likeness (QED) is 0.544. The van der Waals surface area contributed by atoms with Crippen LogP contribution in [0.15, 0.2) is 0 Å². The van der Waals surface area contributed by atoms with E-state index in [9.17, 15) is 4.79 Å². The maximum absolute atomic E-state index is 11.8. The minimum atomic E-state index is 0.434. The standard InChI is InChI=1S/C15H28O/c1-3-5-7-9-13-11-12-15(16)14(13)10-8-6-4-2/h13-14H,3-12H2,1-2H3. The Bertz CT molecular complexity index is 198. The van der Waals surface area contributed by atoms with Crippen molar-refractivity contribution in [1.29, 1.82) is 0 Å². The third-order valence-corrected chi connectivity index (χ3v) is 4.04. The van der Waals surface area contributed by atoms with E-state index in [0.717, 1.165) is 12.3 Å². The zero-order valence-corrected chi connectivity index (χ0v) is 11.1. The van der Waals surface area contributed by atoms with Gasteiger partial charge in [-0.05, 0) is 25.2 Å². The Balaban J connectivity index is 2.28. The Morgan fingerprint density at radius 3 is 2.25 bits per heavy atom. The molecule has 1 heteroatoms. The van der Waals surface area contributed by atoms with E-state index in [-0.39, 0.29) is 0 Å². The predicted molar refractivity (Wildman–Crippen MR) is 69.5 cm³/mol. The highest BCUT2D eigenvalue weighted by molar-refractivity contribution is 5.83. The summed E-state index contributed by atoms with van der Waals surface area (Å²) in [7, 11) is 0. The van der Waals surface area contributed by atoms with Crippen LogP contribution in [-0.2, 0) is 4.79 Å². The van der Waals surface area contributed by atoms with Crippen LogP contribution in [0, 0.1) is 11.8 Å². The van der Waals surface area contributed by atoms with Crippen molar-refractivity contribution in [3.05, 3.63) is 0 Å². The van der Waals surface area contributed by atoms with E-state index in [1.54, 1.807) is 0 Å². The molecule has 0 bridgehead atoms. The number of unbranched alkanes of at least 4 members (excludes halogenated alkanes) is 4. The first kappa shape index (κ1) is 13.7.